The highest BCUT2D eigenvalue weighted by atomic mass is 35.5. The standard InChI is InChI=1S/C6H9ClN2O/c7-2-5-1-6(10-9-5)3-8-4-6/h8H,1-4H2. The summed E-state index contributed by atoms with van der Waals surface area (Å²) in [5.41, 5.74) is 0.965. The minimum atomic E-state index is -0.00970. The molecule has 0 aromatic carbocycles. The van der Waals surface area contributed by atoms with Gasteiger partial charge in [0.2, 0.25) is 0 Å². The molecule has 0 bridgehead atoms. The fourth-order valence-corrected chi connectivity index (χ4v) is 1.41. The van der Waals surface area contributed by atoms with E-state index in [2.05, 4.69) is 10.5 Å². The molecule has 2 aliphatic heterocycles. The Balaban J connectivity index is 1.98. The summed E-state index contributed by atoms with van der Waals surface area (Å²) >= 11 is 5.58. The van der Waals surface area contributed by atoms with Gasteiger partial charge in [-0.3, -0.25) is 0 Å². The average molecular weight is 161 g/mol. The van der Waals surface area contributed by atoms with E-state index >= 15 is 0 Å². The third-order valence-electron chi connectivity index (χ3n) is 1.94. The minimum absolute atomic E-state index is 0.00970. The molecule has 1 N–H and O–H groups in total. The van der Waals surface area contributed by atoms with Crippen LogP contribution >= 0.6 is 11.6 Å². The predicted molar refractivity (Wildman–Crippen MR) is 39.5 cm³/mol. The van der Waals surface area contributed by atoms with Gasteiger partial charge in [0.25, 0.3) is 0 Å². The van der Waals surface area contributed by atoms with E-state index in [9.17, 15) is 0 Å². The van der Waals surface area contributed by atoms with Crippen molar-refractivity contribution in [1.29, 1.82) is 0 Å². The summed E-state index contributed by atoms with van der Waals surface area (Å²) in [6.07, 6.45) is 0.906. The molecule has 1 saturated heterocycles. The molecule has 0 saturated carbocycles. The van der Waals surface area contributed by atoms with Crippen molar-refractivity contribution in [2.45, 2.75) is 12.0 Å². The van der Waals surface area contributed by atoms with Gasteiger partial charge in [0.1, 0.15) is 0 Å². The molecule has 0 aromatic heterocycles. The third kappa shape index (κ3) is 0.812. The van der Waals surface area contributed by atoms with Crippen LogP contribution in [0, 0.1) is 0 Å². The van der Waals surface area contributed by atoms with Crippen LogP contribution in [0.4, 0.5) is 0 Å². The highest BCUT2D eigenvalue weighted by Gasteiger charge is 2.44. The maximum Gasteiger partial charge on any atom is 0.167 e. The Kier molecular flexibility index (Phi) is 1.35. The van der Waals surface area contributed by atoms with Crippen LogP contribution < -0.4 is 5.32 Å². The largest absolute Gasteiger partial charge is 0.386 e. The van der Waals surface area contributed by atoms with Gasteiger partial charge in [0, 0.05) is 19.5 Å². The Morgan fingerprint density at radius 2 is 2.50 bits per heavy atom. The van der Waals surface area contributed by atoms with Crippen molar-refractivity contribution in [3.63, 3.8) is 0 Å². The molecule has 56 valence electrons. The van der Waals surface area contributed by atoms with E-state index in [4.69, 9.17) is 16.4 Å². The molecule has 10 heavy (non-hydrogen) atoms. The molecule has 0 amide bonds. The number of rotatable bonds is 1. The van der Waals surface area contributed by atoms with Gasteiger partial charge in [-0.05, 0) is 0 Å². The number of hydrogen-bond acceptors (Lipinski definition) is 3. The first-order chi connectivity index (χ1) is 4.85. The Bertz CT molecular complexity index is 177. The van der Waals surface area contributed by atoms with Gasteiger partial charge >= 0.3 is 0 Å². The normalized spacial score (nSPS) is 27.5. The zero-order valence-corrected chi connectivity index (χ0v) is 6.32. The number of oxime groups is 1. The summed E-state index contributed by atoms with van der Waals surface area (Å²) in [7, 11) is 0. The quantitative estimate of drug-likeness (QED) is 0.562. The smallest absolute Gasteiger partial charge is 0.167 e. The molecule has 1 fully saturated rings. The van der Waals surface area contributed by atoms with E-state index in [0.29, 0.717) is 5.88 Å². The molecule has 0 aromatic rings. The molecule has 2 heterocycles. The molecule has 4 heteroatoms. The van der Waals surface area contributed by atoms with E-state index in [0.717, 1.165) is 25.2 Å². The lowest BCUT2D eigenvalue weighted by atomic mass is 9.92. The molecule has 0 unspecified atom stereocenters. The maximum absolute atomic E-state index is 5.58. The summed E-state index contributed by atoms with van der Waals surface area (Å²) in [5.74, 6) is 0.502. The van der Waals surface area contributed by atoms with Crippen LogP contribution in [-0.2, 0) is 4.84 Å². The van der Waals surface area contributed by atoms with E-state index < -0.39 is 0 Å². The molecule has 0 radical (unpaired) electrons. The first kappa shape index (κ1) is 6.43. The van der Waals surface area contributed by atoms with E-state index in [1.165, 1.54) is 0 Å². The van der Waals surface area contributed by atoms with Crippen LogP contribution in [0.25, 0.3) is 0 Å². The molecule has 2 rings (SSSR count). The Morgan fingerprint density at radius 1 is 1.70 bits per heavy atom. The van der Waals surface area contributed by atoms with Crippen LogP contribution in [0.1, 0.15) is 6.42 Å². The lowest BCUT2D eigenvalue weighted by Gasteiger charge is -2.35. The molecule has 3 nitrogen and oxygen atoms in total. The van der Waals surface area contributed by atoms with Crippen LogP contribution in [0.2, 0.25) is 0 Å². The van der Waals surface area contributed by atoms with E-state index in [1.54, 1.807) is 0 Å². The van der Waals surface area contributed by atoms with Crippen LogP contribution in [-0.4, -0.2) is 30.3 Å². The first-order valence-corrected chi connectivity index (χ1v) is 3.89. The topological polar surface area (TPSA) is 33.6 Å². The summed E-state index contributed by atoms with van der Waals surface area (Å²) in [5, 5.41) is 7.02. The lowest BCUT2D eigenvalue weighted by Crippen LogP contribution is -2.59. The second-order valence-corrected chi connectivity index (χ2v) is 3.11. The number of alkyl halides is 1. The number of nitrogens with zero attached hydrogens (tertiary/aromatic N) is 1. The van der Waals surface area contributed by atoms with Crippen molar-refractivity contribution >= 4 is 17.3 Å². The fraction of sp³-hybridized carbons (Fsp3) is 0.833. The van der Waals surface area contributed by atoms with Crippen molar-refractivity contribution in [2.75, 3.05) is 19.0 Å². The molecule has 0 atom stereocenters. The van der Waals surface area contributed by atoms with Crippen molar-refractivity contribution in [3.8, 4) is 0 Å². The van der Waals surface area contributed by atoms with Gasteiger partial charge < -0.3 is 10.2 Å². The van der Waals surface area contributed by atoms with Gasteiger partial charge in [-0.15, -0.1) is 11.6 Å². The Hall–Kier alpha value is -0.280. The fourth-order valence-electron chi connectivity index (χ4n) is 1.26. The molecular weight excluding hydrogens is 152 g/mol. The van der Waals surface area contributed by atoms with Gasteiger partial charge in [0.15, 0.2) is 5.60 Å². The van der Waals surface area contributed by atoms with Crippen molar-refractivity contribution < 1.29 is 4.84 Å². The Labute approximate surface area is 64.4 Å². The van der Waals surface area contributed by atoms with Crippen molar-refractivity contribution in [1.82, 2.24) is 5.32 Å². The van der Waals surface area contributed by atoms with Gasteiger partial charge in [-0.1, -0.05) is 5.16 Å². The predicted octanol–water partition coefficient (Wildman–Crippen LogP) is 0.343. The zero-order valence-electron chi connectivity index (χ0n) is 5.56. The Morgan fingerprint density at radius 3 is 2.80 bits per heavy atom. The second kappa shape index (κ2) is 2.10. The first-order valence-electron chi connectivity index (χ1n) is 3.35. The van der Waals surface area contributed by atoms with Gasteiger partial charge in [-0.2, -0.15) is 0 Å². The highest BCUT2D eigenvalue weighted by Crippen LogP contribution is 2.27. The summed E-state index contributed by atoms with van der Waals surface area (Å²) < 4.78 is 0. The van der Waals surface area contributed by atoms with Crippen LogP contribution in [0.5, 0.6) is 0 Å². The van der Waals surface area contributed by atoms with E-state index in [-0.39, 0.29) is 5.60 Å². The summed E-state index contributed by atoms with van der Waals surface area (Å²) in [6, 6.07) is 0. The molecular formula is C6H9ClN2O. The van der Waals surface area contributed by atoms with Crippen LogP contribution in [0.15, 0.2) is 5.16 Å². The monoisotopic (exact) mass is 160 g/mol. The second-order valence-electron chi connectivity index (χ2n) is 2.85. The maximum atomic E-state index is 5.58. The van der Waals surface area contributed by atoms with Crippen molar-refractivity contribution in [3.05, 3.63) is 0 Å². The zero-order chi connectivity index (χ0) is 7.03. The van der Waals surface area contributed by atoms with Crippen molar-refractivity contribution in [2.24, 2.45) is 5.16 Å². The average Bonchev–Trinajstić information content (AvgIpc) is 2.29. The van der Waals surface area contributed by atoms with Gasteiger partial charge in [-0.25, -0.2) is 0 Å². The number of halogens is 1. The molecule has 2 aliphatic rings. The van der Waals surface area contributed by atoms with Crippen LogP contribution in [0.3, 0.4) is 0 Å². The highest BCUT2D eigenvalue weighted by molar-refractivity contribution is 6.28. The third-order valence-corrected chi connectivity index (χ3v) is 2.25. The summed E-state index contributed by atoms with van der Waals surface area (Å²) in [6.45, 7) is 1.83. The minimum Gasteiger partial charge on any atom is -0.386 e. The number of hydrogen-bond donors (Lipinski definition) is 1. The molecule has 0 aliphatic carbocycles. The molecule has 1 spiro atoms. The van der Waals surface area contributed by atoms with E-state index in [1.807, 2.05) is 0 Å². The SMILES string of the molecule is ClCC1=NOC2(CNC2)C1. The summed E-state index contributed by atoms with van der Waals surface area (Å²) in [4.78, 5) is 5.22. The van der Waals surface area contributed by atoms with Gasteiger partial charge in [0.05, 0.1) is 11.6 Å². The lowest BCUT2D eigenvalue weighted by molar-refractivity contribution is -0.0559. The number of nitrogens with one attached hydrogen (secondary N) is 1.